The minimum atomic E-state index is 0. The van der Waals surface area contributed by atoms with Gasteiger partial charge < -0.3 is 11.1 Å². The number of amides is 1. The highest BCUT2D eigenvalue weighted by atomic mass is 35.5. The number of rotatable bonds is 4. The van der Waals surface area contributed by atoms with Crippen LogP contribution in [0.1, 0.15) is 57.4 Å². The third kappa shape index (κ3) is 5.33. The van der Waals surface area contributed by atoms with Crippen LogP contribution in [0.4, 0.5) is 5.69 Å². The van der Waals surface area contributed by atoms with Crippen molar-refractivity contribution in [2.75, 3.05) is 5.32 Å². The molecular formula is C17H27ClN2O. The quantitative estimate of drug-likeness (QED) is 0.880. The summed E-state index contributed by atoms with van der Waals surface area (Å²) in [4.78, 5) is 12.1. The molecule has 0 bridgehead atoms. The van der Waals surface area contributed by atoms with Gasteiger partial charge in [-0.3, -0.25) is 4.79 Å². The number of anilines is 1. The Bertz CT molecular complexity index is 462. The Balaban J connectivity index is 0.00000220. The van der Waals surface area contributed by atoms with Crippen LogP contribution in [0.2, 0.25) is 0 Å². The molecule has 1 aromatic rings. The van der Waals surface area contributed by atoms with Crippen LogP contribution in [-0.4, -0.2) is 11.9 Å². The van der Waals surface area contributed by atoms with Gasteiger partial charge in [0.2, 0.25) is 5.91 Å². The first-order chi connectivity index (χ1) is 9.56. The molecule has 3 N–H and O–H groups in total. The van der Waals surface area contributed by atoms with Crippen molar-refractivity contribution in [2.24, 2.45) is 11.7 Å². The first-order valence-corrected chi connectivity index (χ1v) is 7.71. The van der Waals surface area contributed by atoms with Crippen molar-refractivity contribution in [2.45, 2.75) is 57.9 Å². The van der Waals surface area contributed by atoms with Crippen molar-refractivity contribution < 1.29 is 4.79 Å². The summed E-state index contributed by atoms with van der Waals surface area (Å²) in [6, 6.07) is 8.29. The molecule has 21 heavy (non-hydrogen) atoms. The lowest BCUT2D eigenvalue weighted by Crippen LogP contribution is -2.35. The van der Waals surface area contributed by atoms with Gasteiger partial charge in [-0.1, -0.05) is 38.8 Å². The van der Waals surface area contributed by atoms with E-state index in [0.717, 1.165) is 18.5 Å². The van der Waals surface area contributed by atoms with Crippen LogP contribution in [0.3, 0.4) is 0 Å². The number of benzene rings is 1. The van der Waals surface area contributed by atoms with Crippen LogP contribution in [0, 0.1) is 5.92 Å². The lowest BCUT2D eigenvalue weighted by atomic mass is 9.83. The van der Waals surface area contributed by atoms with Gasteiger partial charge in [0.1, 0.15) is 0 Å². The molecule has 0 heterocycles. The molecule has 2 atom stereocenters. The first kappa shape index (κ1) is 18.0. The average Bonchev–Trinajstić information content (AvgIpc) is 2.41. The van der Waals surface area contributed by atoms with Gasteiger partial charge >= 0.3 is 0 Å². The Morgan fingerprint density at radius 3 is 2.71 bits per heavy atom. The molecule has 0 aromatic heterocycles. The maximum atomic E-state index is 12.1. The Labute approximate surface area is 134 Å². The molecule has 0 radical (unpaired) electrons. The second-order valence-electron chi connectivity index (χ2n) is 6.24. The van der Waals surface area contributed by atoms with Gasteiger partial charge in [-0.05, 0) is 42.4 Å². The molecule has 1 aromatic carbocycles. The van der Waals surface area contributed by atoms with E-state index in [1.165, 1.54) is 18.4 Å². The molecule has 2 unspecified atom stereocenters. The fourth-order valence-electron chi connectivity index (χ4n) is 2.92. The third-order valence-corrected chi connectivity index (χ3v) is 4.25. The summed E-state index contributed by atoms with van der Waals surface area (Å²) < 4.78 is 0. The van der Waals surface area contributed by atoms with E-state index in [1.807, 2.05) is 12.1 Å². The SMILES string of the molecule is CC(C)c1cccc(NC(=O)CC2CCCCC2N)c1.Cl. The van der Waals surface area contributed by atoms with E-state index in [2.05, 4.69) is 31.3 Å². The maximum Gasteiger partial charge on any atom is 0.224 e. The highest BCUT2D eigenvalue weighted by Crippen LogP contribution is 2.26. The van der Waals surface area contributed by atoms with Gasteiger partial charge in [0.05, 0.1) is 0 Å². The smallest absolute Gasteiger partial charge is 0.224 e. The molecule has 0 aliphatic heterocycles. The lowest BCUT2D eigenvalue weighted by Gasteiger charge is -2.28. The van der Waals surface area contributed by atoms with Crippen LogP contribution in [0.5, 0.6) is 0 Å². The summed E-state index contributed by atoms with van der Waals surface area (Å²) in [7, 11) is 0. The molecule has 1 amide bonds. The fraction of sp³-hybridized carbons (Fsp3) is 0.588. The summed E-state index contributed by atoms with van der Waals surface area (Å²) >= 11 is 0. The van der Waals surface area contributed by atoms with Crippen molar-refractivity contribution in [3.05, 3.63) is 29.8 Å². The second kappa shape index (κ2) is 8.40. The predicted molar refractivity (Wildman–Crippen MR) is 91.0 cm³/mol. The normalized spacial score (nSPS) is 21.7. The molecule has 1 aliphatic rings. The van der Waals surface area contributed by atoms with E-state index in [9.17, 15) is 4.79 Å². The van der Waals surface area contributed by atoms with Crippen molar-refractivity contribution >= 4 is 24.0 Å². The van der Waals surface area contributed by atoms with E-state index in [1.54, 1.807) is 0 Å². The maximum absolute atomic E-state index is 12.1. The van der Waals surface area contributed by atoms with Gasteiger partial charge in [-0.15, -0.1) is 12.4 Å². The largest absolute Gasteiger partial charge is 0.327 e. The van der Waals surface area contributed by atoms with E-state index in [-0.39, 0.29) is 24.4 Å². The molecule has 0 spiro atoms. The number of carbonyl (C=O) groups excluding carboxylic acids is 1. The number of halogens is 1. The van der Waals surface area contributed by atoms with E-state index >= 15 is 0 Å². The minimum Gasteiger partial charge on any atom is -0.327 e. The van der Waals surface area contributed by atoms with E-state index < -0.39 is 0 Å². The van der Waals surface area contributed by atoms with Crippen molar-refractivity contribution in [1.29, 1.82) is 0 Å². The predicted octanol–water partition coefficient (Wildman–Crippen LogP) is 4.08. The third-order valence-electron chi connectivity index (χ3n) is 4.25. The van der Waals surface area contributed by atoms with E-state index in [4.69, 9.17) is 5.73 Å². The van der Waals surface area contributed by atoms with Gasteiger partial charge in [0.15, 0.2) is 0 Å². The zero-order valence-electron chi connectivity index (χ0n) is 13.0. The monoisotopic (exact) mass is 310 g/mol. The van der Waals surface area contributed by atoms with Gasteiger partial charge in [-0.25, -0.2) is 0 Å². The molecular weight excluding hydrogens is 284 g/mol. The Morgan fingerprint density at radius 2 is 2.05 bits per heavy atom. The molecule has 1 aliphatic carbocycles. The first-order valence-electron chi connectivity index (χ1n) is 7.71. The molecule has 0 saturated heterocycles. The number of hydrogen-bond donors (Lipinski definition) is 2. The molecule has 118 valence electrons. The number of nitrogens with two attached hydrogens (primary N) is 1. The molecule has 3 nitrogen and oxygen atoms in total. The second-order valence-corrected chi connectivity index (χ2v) is 6.24. The fourth-order valence-corrected chi connectivity index (χ4v) is 2.92. The van der Waals surface area contributed by atoms with Crippen LogP contribution in [0.15, 0.2) is 24.3 Å². The van der Waals surface area contributed by atoms with Crippen molar-refractivity contribution in [3.8, 4) is 0 Å². The molecule has 1 fully saturated rings. The van der Waals surface area contributed by atoms with Gasteiger partial charge in [-0.2, -0.15) is 0 Å². The van der Waals surface area contributed by atoms with Crippen LogP contribution in [0.25, 0.3) is 0 Å². The average molecular weight is 311 g/mol. The van der Waals surface area contributed by atoms with Crippen LogP contribution >= 0.6 is 12.4 Å². The minimum absolute atomic E-state index is 0. The zero-order chi connectivity index (χ0) is 14.5. The zero-order valence-corrected chi connectivity index (χ0v) is 13.8. The Hall–Kier alpha value is -1.06. The van der Waals surface area contributed by atoms with Gasteiger partial charge in [0, 0.05) is 18.2 Å². The lowest BCUT2D eigenvalue weighted by molar-refractivity contribution is -0.117. The Kier molecular flexibility index (Phi) is 7.20. The summed E-state index contributed by atoms with van der Waals surface area (Å²) in [5, 5.41) is 3.01. The van der Waals surface area contributed by atoms with Crippen LogP contribution in [-0.2, 0) is 4.79 Å². The number of nitrogens with one attached hydrogen (secondary N) is 1. The summed E-state index contributed by atoms with van der Waals surface area (Å²) in [6.45, 7) is 4.31. The van der Waals surface area contributed by atoms with Crippen molar-refractivity contribution in [1.82, 2.24) is 0 Å². The summed E-state index contributed by atoms with van der Waals surface area (Å²) in [5.41, 5.74) is 8.25. The Morgan fingerprint density at radius 1 is 1.33 bits per heavy atom. The topological polar surface area (TPSA) is 55.1 Å². The van der Waals surface area contributed by atoms with Crippen molar-refractivity contribution in [3.63, 3.8) is 0 Å². The van der Waals surface area contributed by atoms with Gasteiger partial charge in [0.25, 0.3) is 0 Å². The highest BCUT2D eigenvalue weighted by molar-refractivity contribution is 5.91. The molecule has 2 rings (SSSR count). The number of hydrogen-bond acceptors (Lipinski definition) is 2. The molecule has 1 saturated carbocycles. The number of carbonyl (C=O) groups is 1. The highest BCUT2D eigenvalue weighted by Gasteiger charge is 2.24. The summed E-state index contributed by atoms with van der Waals surface area (Å²) in [5.74, 6) is 0.906. The van der Waals surface area contributed by atoms with E-state index in [0.29, 0.717) is 18.3 Å². The molecule has 4 heteroatoms. The van der Waals surface area contributed by atoms with Crippen LogP contribution < -0.4 is 11.1 Å². The summed E-state index contributed by atoms with van der Waals surface area (Å²) in [6.07, 6.45) is 5.10. The standard InChI is InChI=1S/C17H26N2O.ClH/c1-12(2)13-7-5-8-15(10-13)19-17(20)11-14-6-3-4-9-16(14)18;/h5,7-8,10,12,14,16H,3-4,6,9,11,18H2,1-2H3,(H,19,20);1H.